The van der Waals surface area contributed by atoms with Gasteiger partial charge in [-0.1, -0.05) is 25.1 Å². The first-order valence-corrected chi connectivity index (χ1v) is 8.96. The van der Waals surface area contributed by atoms with Crippen molar-refractivity contribution in [2.45, 2.75) is 26.3 Å². The number of aromatic amines is 1. The van der Waals surface area contributed by atoms with Gasteiger partial charge in [0.05, 0.1) is 6.54 Å². The van der Waals surface area contributed by atoms with Crippen LogP contribution in [0.25, 0.3) is 10.9 Å². The maximum atomic E-state index is 4.37. The molecule has 7 heteroatoms. The number of hydrogen-bond acceptors (Lipinski definition) is 3. The molecule has 3 aromatic rings. The third kappa shape index (κ3) is 3.71. The molecule has 7 nitrogen and oxygen atoms in total. The van der Waals surface area contributed by atoms with Gasteiger partial charge in [0.15, 0.2) is 5.96 Å². The summed E-state index contributed by atoms with van der Waals surface area (Å²) in [6, 6.07) is 6.51. The third-order valence-electron chi connectivity index (χ3n) is 4.70. The lowest BCUT2D eigenvalue weighted by atomic mass is 10.1. The van der Waals surface area contributed by atoms with E-state index in [2.05, 4.69) is 61.6 Å². The van der Waals surface area contributed by atoms with Crippen molar-refractivity contribution in [3.05, 3.63) is 47.7 Å². The predicted octanol–water partition coefficient (Wildman–Crippen LogP) is 2.11. The molecule has 0 spiro atoms. The number of H-pyrrole nitrogens is 1. The molecular weight excluding hydrogens is 326 g/mol. The van der Waals surface area contributed by atoms with Crippen molar-refractivity contribution in [2.75, 3.05) is 20.6 Å². The van der Waals surface area contributed by atoms with Crippen LogP contribution in [0.3, 0.4) is 0 Å². The summed E-state index contributed by atoms with van der Waals surface area (Å²) in [4.78, 5) is 14.1. The van der Waals surface area contributed by atoms with E-state index in [-0.39, 0.29) is 0 Å². The van der Waals surface area contributed by atoms with Crippen LogP contribution in [0.4, 0.5) is 0 Å². The van der Waals surface area contributed by atoms with Crippen molar-refractivity contribution in [3.63, 3.8) is 0 Å². The summed E-state index contributed by atoms with van der Waals surface area (Å²) in [5.74, 6) is 1.75. The van der Waals surface area contributed by atoms with Crippen LogP contribution in [0.2, 0.25) is 0 Å². The van der Waals surface area contributed by atoms with E-state index in [1.807, 2.05) is 14.1 Å². The monoisotopic (exact) mass is 353 g/mol. The van der Waals surface area contributed by atoms with Crippen molar-refractivity contribution in [3.8, 4) is 0 Å². The fourth-order valence-electron chi connectivity index (χ4n) is 3.22. The van der Waals surface area contributed by atoms with Crippen molar-refractivity contribution in [2.24, 2.45) is 12.0 Å². The Morgan fingerprint density at radius 2 is 2.19 bits per heavy atom. The van der Waals surface area contributed by atoms with E-state index in [0.717, 1.165) is 31.2 Å². The molecule has 1 aromatic carbocycles. The Balaban J connectivity index is 1.60. The summed E-state index contributed by atoms with van der Waals surface area (Å²) in [6.07, 6.45) is 5.66. The summed E-state index contributed by atoms with van der Waals surface area (Å²) in [6.45, 7) is 3.66. The third-order valence-corrected chi connectivity index (χ3v) is 4.70. The zero-order valence-corrected chi connectivity index (χ0v) is 16.0. The van der Waals surface area contributed by atoms with Crippen LogP contribution in [-0.4, -0.2) is 51.2 Å². The quantitative estimate of drug-likeness (QED) is 0.526. The average molecular weight is 353 g/mol. The zero-order valence-electron chi connectivity index (χ0n) is 16.0. The summed E-state index contributed by atoms with van der Waals surface area (Å²) in [5.41, 5.74) is 3.95. The largest absolute Gasteiger partial charge is 0.361 e. The molecule has 3 rings (SSSR count). The Labute approximate surface area is 154 Å². The van der Waals surface area contributed by atoms with Crippen LogP contribution in [0, 0.1) is 0 Å². The molecule has 0 aliphatic heterocycles. The molecule has 0 atom stereocenters. The molecule has 2 heterocycles. The fraction of sp³-hybridized carbons (Fsp3) is 0.421. The summed E-state index contributed by atoms with van der Waals surface area (Å²) in [7, 11) is 5.70. The van der Waals surface area contributed by atoms with E-state index in [1.165, 1.54) is 22.0 Å². The first-order chi connectivity index (χ1) is 12.6. The van der Waals surface area contributed by atoms with E-state index >= 15 is 0 Å². The maximum Gasteiger partial charge on any atom is 0.193 e. The first-order valence-electron chi connectivity index (χ1n) is 8.96. The summed E-state index contributed by atoms with van der Waals surface area (Å²) >= 11 is 0. The lowest BCUT2D eigenvalue weighted by Crippen LogP contribution is -2.39. The molecule has 2 aromatic heterocycles. The smallest absolute Gasteiger partial charge is 0.193 e. The molecule has 26 heavy (non-hydrogen) atoms. The SMILES string of the molecule is CCc1cccc2c(CCNC(=NC)N(C)Cc3ncnn3C)c[nH]c12. The highest BCUT2D eigenvalue weighted by atomic mass is 15.4. The number of rotatable bonds is 6. The van der Waals surface area contributed by atoms with Gasteiger partial charge in [0, 0.05) is 44.8 Å². The number of nitrogens with one attached hydrogen (secondary N) is 2. The minimum atomic E-state index is 0.656. The number of fused-ring (bicyclic) bond motifs is 1. The number of guanidine groups is 1. The lowest BCUT2D eigenvalue weighted by molar-refractivity contribution is 0.449. The van der Waals surface area contributed by atoms with Gasteiger partial charge in [-0.15, -0.1) is 0 Å². The number of aromatic nitrogens is 4. The Morgan fingerprint density at radius 3 is 2.88 bits per heavy atom. The molecule has 0 bridgehead atoms. The average Bonchev–Trinajstić information content (AvgIpc) is 3.25. The molecule has 0 fully saturated rings. The molecular formula is C19H27N7. The highest BCUT2D eigenvalue weighted by Crippen LogP contribution is 2.22. The van der Waals surface area contributed by atoms with Crippen molar-refractivity contribution in [1.29, 1.82) is 0 Å². The van der Waals surface area contributed by atoms with Gasteiger partial charge in [-0.05, 0) is 24.0 Å². The minimum Gasteiger partial charge on any atom is -0.361 e. The van der Waals surface area contributed by atoms with E-state index in [9.17, 15) is 0 Å². The predicted molar refractivity (Wildman–Crippen MR) is 105 cm³/mol. The van der Waals surface area contributed by atoms with Crippen LogP contribution in [0.1, 0.15) is 23.9 Å². The highest BCUT2D eigenvalue weighted by molar-refractivity contribution is 5.86. The molecule has 0 radical (unpaired) electrons. The molecule has 0 saturated heterocycles. The van der Waals surface area contributed by atoms with Gasteiger partial charge >= 0.3 is 0 Å². The van der Waals surface area contributed by atoms with Crippen molar-refractivity contribution in [1.82, 2.24) is 30.0 Å². The molecule has 0 unspecified atom stereocenters. The zero-order chi connectivity index (χ0) is 18.5. The van der Waals surface area contributed by atoms with Gasteiger partial charge in [0.1, 0.15) is 12.2 Å². The van der Waals surface area contributed by atoms with Crippen LogP contribution in [0.15, 0.2) is 35.7 Å². The number of benzene rings is 1. The Bertz CT molecular complexity index is 890. The Hall–Kier alpha value is -2.83. The number of nitrogens with zero attached hydrogens (tertiary/aromatic N) is 5. The summed E-state index contributed by atoms with van der Waals surface area (Å²) in [5, 5.41) is 8.86. The molecule has 0 aliphatic carbocycles. The Kier molecular flexibility index (Phi) is 5.55. The van der Waals surface area contributed by atoms with Crippen LogP contribution < -0.4 is 5.32 Å². The topological polar surface area (TPSA) is 74.1 Å². The fourth-order valence-corrected chi connectivity index (χ4v) is 3.22. The van der Waals surface area contributed by atoms with Gasteiger partial charge in [-0.25, -0.2) is 4.98 Å². The van der Waals surface area contributed by atoms with Gasteiger partial charge < -0.3 is 15.2 Å². The van der Waals surface area contributed by atoms with Crippen LogP contribution in [0.5, 0.6) is 0 Å². The normalized spacial score (nSPS) is 11.9. The van der Waals surface area contributed by atoms with Gasteiger partial charge in [0.2, 0.25) is 0 Å². The van der Waals surface area contributed by atoms with Gasteiger partial charge in [0.25, 0.3) is 0 Å². The highest BCUT2D eigenvalue weighted by Gasteiger charge is 2.11. The molecule has 0 aliphatic rings. The van der Waals surface area contributed by atoms with E-state index in [1.54, 1.807) is 18.1 Å². The minimum absolute atomic E-state index is 0.656. The number of aryl methyl sites for hydroxylation is 2. The van der Waals surface area contributed by atoms with Crippen molar-refractivity contribution >= 4 is 16.9 Å². The molecule has 0 amide bonds. The lowest BCUT2D eigenvalue weighted by Gasteiger charge is -2.21. The van der Waals surface area contributed by atoms with E-state index in [0.29, 0.717) is 6.54 Å². The molecule has 0 saturated carbocycles. The van der Waals surface area contributed by atoms with Gasteiger partial charge in [-0.3, -0.25) is 9.67 Å². The molecule has 2 N–H and O–H groups in total. The van der Waals surface area contributed by atoms with E-state index < -0.39 is 0 Å². The van der Waals surface area contributed by atoms with Crippen LogP contribution in [-0.2, 0) is 26.4 Å². The second-order valence-corrected chi connectivity index (χ2v) is 6.39. The van der Waals surface area contributed by atoms with E-state index in [4.69, 9.17) is 0 Å². The number of para-hydroxylation sites is 1. The first kappa shape index (κ1) is 18.0. The number of hydrogen-bond donors (Lipinski definition) is 2. The van der Waals surface area contributed by atoms with Crippen molar-refractivity contribution < 1.29 is 0 Å². The number of aliphatic imine (C=N–C) groups is 1. The van der Waals surface area contributed by atoms with Crippen LogP contribution >= 0.6 is 0 Å². The Morgan fingerprint density at radius 1 is 1.35 bits per heavy atom. The maximum absolute atomic E-state index is 4.37. The van der Waals surface area contributed by atoms with Gasteiger partial charge in [-0.2, -0.15) is 5.10 Å². The molecule has 138 valence electrons. The second kappa shape index (κ2) is 8.03. The standard InChI is InChI=1S/C19H27N7/c1-5-14-7-6-8-16-15(11-22-18(14)16)9-10-21-19(20-2)25(3)12-17-23-13-24-26(17)4/h6-8,11,13,22H,5,9-10,12H2,1-4H3,(H,20,21). The summed E-state index contributed by atoms with van der Waals surface area (Å²) < 4.78 is 1.78. The second-order valence-electron chi connectivity index (χ2n) is 6.39.